The number of nitrogens with zero attached hydrogens (tertiary/aromatic N) is 1. The molecule has 20 heavy (non-hydrogen) atoms. The normalized spacial score (nSPS) is 10.4. The number of hydrogen-bond acceptors (Lipinski definition) is 5. The maximum atomic E-state index is 11.8. The van der Waals surface area contributed by atoms with Gasteiger partial charge in [0.15, 0.2) is 11.6 Å². The lowest BCUT2D eigenvalue weighted by atomic mass is 10.1. The van der Waals surface area contributed by atoms with Crippen LogP contribution < -0.4 is 11.1 Å². The molecule has 1 heterocycles. The van der Waals surface area contributed by atoms with Gasteiger partial charge in [0.1, 0.15) is 12.0 Å². The third kappa shape index (κ3) is 3.83. The number of phenolic OH excluding ortho intramolecular Hbond substituents is 1. The number of carbonyl (C=O) groups excluding carboxylic acids is 1. The topological polar surface area (TPSA) is 101 Å². The van der Waals surface area contributed by atoms with Crippen molar-refractivity contribution < 1.29 is 14.3 Å². The third-order valence-corrected chi connectivity index (χ3v) is 2.78. The van der Waals surface area contributed by atoms with Gasteiger partial charge in [0.05, 0.1) is 0 Å². The molecule has 0 aliphatic rings. The molecule has 2 rings (SSSR count). The zero-order valence-electron chi connectivity index (χ0n) is 11.0. The molecule has 0 saturated heterocycles. The second kappa shape index (κ2) is 6.72. The smallest absolute Gasteiger partial charge is 0.273 e. The quantitative estimate of drug-likeness (QED) is 0.725. The fourth-order valence-electron chi connectivity index (χ4n) is 1.73. The van der Waals surface area contributed by atoms with E-state index >= 15 is 0 Å². The predicted molar refractivity (Wildman–Crippen MR) is 73.4 cm³/mol. The summed E-state index contributed by atoms with van der Waals surface area (Å²) in [6.45, 7) is 0.922. The van der Waals surface area contributed by atoms with Crippen LogP contribution in [-0.2, 0) is 12.8 Å². The Morgan fingerprint density at radius 2 is 2.05 bits per heavy atom. The molecule has 0 atom stereocenters. The standard InChI is InChI=1S/C14H17N3O3/c15-7-5-13-17-12(9-20-13)14(19)16-8-6-10-1-3-11(18)4-2-10/h1-4,9,18H,5-8,15H2,(H,16,19). The van der Waals surface area contributed by atoms with Crippen LogP contribution in [0.25, 0.3) is 0 Å². The molecule has 4 N–H and O–H groups in total. The van der Waals surface area contributed by atoms with Gasteiger partial charge >= 0.3 is 0 Å². The summed E-state index contributed by atoms with van der Waals surface area (Å²) in [6.07, 6.45) is 2.53. The van der Waals surface area contributed by atoms with Gasteiger partial charge in [-0.25, -0.2) is 4.98 Å². The van der Waals surface area contributed by atoms with Crippen LogP contribution in [0.1, 0.15) is 21.9 Å². The van der Waals surface area contributed by atoms with Gasteiger partial charge in [-0.2, -0.15) is 0 Å². The van der Waals surface area contributed by atoms with Crippen LogP contribution in [0.2, 0.25) is 0 Å². The van der Waals surface area contributed by atoms with Crippen LogP contribution in [0.5, 0.6) is 5.75 Å². The zero-order valence-corrected chi connectivity index (χ0v) is 11.0. The number of hydrogen-bond donors (Lipinski definition) is 3. The Bertz CT molecular complexity index is 563. The second-order valence-electron chi connectivity index (χ2n) is 4.34. The Kier molecular flexibility index (Phi) is 4.73. The van der Waals surface area contributed by atoms with Gasteiger partial charge in [0, 0.05) is 19.5 Å². The highest BCUT2D eigenvalue weighted by molar-refractivity contribution is 5.91. The SMILES string of the molecule is NCCc1nc(C(=O)NCCc2ccc(O)cc2)co1. The average molecular weight is 275 g/mol. The average Bonchev–Trinajstić information content (AvgIpc) is 2.90. The van der Waals surface area contributed by atoms with Crippen molar-refractivity contribution in [3.05, 3.63) is 47.7 Å². The Hall–Kier alpha value is -2.34. The van der Waals surface area contributed by atoms with Gasteiger partial charge in [-0.3, -0.25) is 4.79 Å². The van der Waals surface area contributed by atoms with Gasteiger partial charge in [0.2, 0.25) is 0 Å². The predicted octanol–water partition coefficient (Wildman–Crippen LogP) is 0.854. The summed E-state index contributed by atoms with van der Waals surface area (Å²) in [6, 6.07) is 6.87. The number of oxazole rings is 1. The fraction of sp³-hybridized carbons (Fsp3) is 0.286. The molecule has 0 saturated carbocycles. The number of aromatic hydroxyl groups is 1. The van der Waals surface area contributed by atoms with E-state index in [0.29, 0.717) is 31.8 Å². The van der Waals surface area contributed by atoms with Crippen molar-refractivity contribution in [2.24, 2.45) is 5.73 Å². The molecule has 0 fully saturated rings. The van der Waals surface area contributed by atoms with Gasteiger partial charge in [-0.05, 0) is 24.1 Å². The van der Waals surface area contributed by atoms with Gasteiger partial charge in [-0.1, -0.05) is 12.1 Å². The Morgan fingerprint density at radius 3 is 2.75 bits per heavy atom. The minimum Gasteiger partial charge on any atom is -0.508 e. The molecule has 2 aromatic rings. The molecule has 1 aromatic heterocycles. The van der Waals surface area contributed by atoms with Crippen LogP contribution in [0.4, 0.5) is 0 Å². The number of aromatic nitrogens is 1. The molecule has 0 aliphatic carbocycles. The lowest BCUT2D eigenvalue weighted by molar-refractivity contribution is 0.0949. The van der Waals surface area contributed by atoms with Crippen molar-refractivity contribution in [2.45, 2.75) is 12.8 Å². The lowest BCUT2D eigenvalue weighted by Gasteiger charge is -2.03. The Labute approximate surface area is 116 Å². The van der Waals surface area contributed by atoms with Crippen LogP contribution >= 0.6 is 0 Å². The molecule has 6 heteroatoms. The van der Waals surface area contributed by atoms with Gasteiger partial charge < -0.3 is 20.6 Å². The summed E-state index contributed by atoms with van der Waals surface area (Å²) in [5, 5.41) is 11.9. The van der Waals surface area contributed by atoms with Crippen molar-refractivity contribution in [2.75, 3.05) is 13.1 Å². The van der Waals surface area contributed by atoms with E-state index < -0.39 is 0 Å². The van der Waals surface area contributed by atoms with Crippen molar-refractivity contribution in [3.63, 3.8) is 0 Å². The highest BCUT2D eigenvalue weighted by Gasteiger charge is 2.11. The molecule has 106 valence electrons. The summed E-state index contributed by atoms with van der Waals surface area (Å²) in [4.78, 5) is 15.8. The number of carbonyl (C=O) groups is 1. The number of phenols is 1. The summed E-state index contributed by atoms with van der Waals surface area (Å²) >= 11 is 0. The Morgan fingerprint density at radius 1 is 1.30 bits per heavy atom. The molecular weight excluding hydrogens is 258 g/mol. The van der Waals surface area contributed by atoms with Crippen LogP contribution in [0, 0.1) is 0 Å². The van der Waals surface area contributed by atoms with Crippen LogP contribution in [0.15, 0.2) is 34.9 Å². The monoisotopic (exact) mass is 275 g/mol. The number of amides is 1. The summed E-state index contributed by atoms with van der Waals surface area (Å²) < 4.78 is 5.12. The first kappa shape index (κ1) is 14.1. The molecule has 0 radical (unpaired) electrons. The highest BCUT2D eigenvalue weighted by Crippen LogP contribution is 2.09. The fourth-order valence-corrected chi connectivity index (χ4v) is 1.73. The number of nitrogens with one attached hydrogen (secondary N) is 1. The van der Waals surface area contributed by atoms with Crippen LogP contribution in [0.3, 0.4) is 0 Å². The molecule has 0 unspecified atom stereocenters. The maximum Gasteiger partial charge on any atom is 0.273 e. The largest absolute Gasteiger partial charge is 0.508 e. The minimum absolute atomic E-state index is 0.229. The number of nitrogens with two attached hydrogens (primary N) is 1. The first-order valence-electron chi connectivity index (χ1n) is 6.39. The van der Waals surface area contributed by atoms with E-state index in [0.717, 1.165) is 5.56 Å². The first-order chi connectivity index (χ1) is 9.69. The molecule has 0 bridgehead atoms. The Balaban J connectivity index is 1.81. The molecule has 0 aliphatic heterocycles. The third-order valence-electron chi connectivity index (χ3n) is 2.78. The minimum atomic E-state index is -0.268. The van der Waals surface area contributed by atoms with E-state index in [-0.39, 0.29) is 17.4 Å². The lowest BCUT2D eigenvalue weighted by Crippen LogP contribution is -2.26. The van der Waals surface area contributed by atoms with E-state index in [1.54, 1.807) is 12.1 Å². The van der Waals surface area contributed by atoms with Gasteiger partial charge in [0.25, 0.3) is 5.91 Å². The van der Waals surface area contributed by atoms with E-state index in [1.807, 2.05) is 12.1 Å². The highest BCUT2D eigenvalue weighted by atomic mass is 16.3. The van der Waals surface area contributed by atoms with E-state index in [1.165, 1.54) is 6.26 Å². The van der Waals surface area contributed by atoms with E-state index in [9.17, 15) is 4.79 Å². The summed E-state index contributed by atoms with van der Waals surface area (Å²) in [5.41, 5.74) is 6.68. The summed E-state index contributed by atoms with van der Waals surface area (Å²) in [7, 11) is 0. The number of benzene rings is 1. The molecule has 0 spiro atoms. The van der Waals surface area contributed by atoms with Crippen LogP contribution in [-0.4, -0.2) is 29.1 Å². The van der Waals surface area contributed by atoms with Crippen molar-refractivity contribution in [1.82, 2.24) is 10.3 Å². The summed E-state index contributed by atoms with van der Waals surface area (Å²) in [5.74, 6) is 0.430. The molecule has 1 amide bonds. The van der Waals surface area contributed by atoms with Gasteiger partial charge in [-0.15, -0.1) is 0 Å². The van der Waals surface area contributed by atoms with Crippen molar-refractivity contribution in [1.29, 1.82) is 0 Å². The van der Waals surface area contributed by atoms with E-state index in [4.69, 9.17) is 15.3 Å². The maximum absolute atomic E-state index is 11.8. The second-order valence-corrected chi connectivity index (χ2v) is 4.34. The number of rotatable bonds is 6. The first-order valence-corrected chi connectivity index (χ1v) is 6.39. The molecule has 1 aromatic carbocycles. The molecule has 6 nitrogen and oxygen atoms in total. The zero-order chi connectivity index (χ0) is 14.4. The van der Waals surface area contributed by atoms with E-state index in [2.05, 4.69) is 10.3 Å². The molecular formula is C14H17N3O3. The van der Waals surface area contributed by atoms with Crippen molar-refractivity contribution in [3.8, 4) is 5.75 Å². The van der Waals surface area contributed by atoms with Crippen molar-refractivity contribution >= 4 is 5.91 Å².